The molecule has 0 saturated carbocycles. The largest absolute Gasteiger partial charge is 0.458 e. The molecule has 0 bridgehead atoms. The van der Waals surface area contributed by atoms with Gasteiger partial charge in [0, 0.05) is 17.1 Å². The smallest absolute Gasteiger partial charge is 0.312 e. The highest BCUT2D eigenvalue weighted by atomic mass is 32.1. The van der Waals surface area contributed by atoms with E-state index in [1.54, 1.807) is 13.0 Å². The Morgan fingerprint density at radius 1 is 1.36 bits per heavy atom. The minimum atomic E-state index is -0.449. The second-order valence-electron chi connectivity index (χ2n) is 5.39. The van der Waals surface area contributed by atoms with Gasteiger partial charge >= 0.3 is 5.97 Å². The van der Waals surface area contributed by atoms with E-state index in [1.165, 1.54) is 21.9 Å². The van der Waals surface area contributed by atoms with E-state index in [2.05, 4.69) is 15.2 Å². The van der Waals surface area contributed by atoms with Crippen LogP contribution in [0, 0.1) is 6.92 Å². The second kappa shape index (κ2) is 6.10. The standard InChI is InChI=1S/C16H12N4O4S/c1-9-6-14(21)20-16(17-9)25-13(18-20)8-23-15(22)7-11-10-4-2-3-5-12(10)24-19-11/h2-6H,7-8H2,1H3. The molecule has 9 heteroatoms. The van der Waals surface area contributed by atoms with Gasteiger partial charge < -0.3 is 9.26 Å². The zero-order valence-electron chi connectivity index (χ0n) is 13.1. The number of carbonyl (C=O) groups excluding carboxylic acids is 1. The Morgan fingerprint density at radius 3 is 3.08 bits per heavy atom. The van der Waals surface area contributed by atoms with Gasteiger partial charge in [0.1, 0.15) is 12.3 Å². The van der Waals surface area contributed by atoms with Gasteiger partial charge in [-0.3, -0.25) is 9.59 Å². The van der Waals surface area contributed by atoms with Crippen molar-refractivity contribution in [3.8, 4) is 0 Å². The van der Waals surface area contributed by atoms with Gasteiger partial charge in [0.25, 0.3) is 5.56 Å². The van der Waals surface area contributed by atoms with E-state index in [1.807, 2.05) is 18.2 Å². The van der Waals surface area contributed by atoms with Crippen LogP contribution in [0.4, 0.5) is 0 Å². The number of hydrogen-bond donors (Lipinski definition) is 0. The lowest BCUT2D eigenvalue weighted by atomic mass is 10.2. The van der Waals surface area contributed by atoms with Crippen LogP contribution >= 0.6 is 11.3 Å². The minimum Gasteiger partial charge on any atom is -0.458 e. The summed E-state index contributed by atoms with van der Waals surface area (Å²) in [6.45, 7) is 1.71. The third-order valence-electron chi connectivity index (χ3n) is 3.54. The summed E-state index contributed by atoms with van der Waals surface area (Å²) in [6, 6.07) is 8.70. The zero-order valence-corrected chi connectivity index (χ0v) is 13.9. The lowest BCUT2D eigenvalue weighted by Gasteiger charge is -2.00. The first-order valence-electron chi connectivity index (χ1n) is 7.45. The number of nitrogens with zero attached hydrogens (tertiary/aromatic N) is 4. The number of para-hydroxylation sites is 1. The molecule has 0 saturated heterocycles. The Balaban J connectivity index is 1.47. The molecule has 4 rings (SSSR count). The Hall–Kier alpha value is -3.07. The van der Waals surface area contributed by atoms with Crippen LogP contribution in [0.25, 0.3) is 15.9 Å². The van der Waals surface area contributed by atoms with Crippen molar-refractivity contribution in [3.05, 3.63) is 57.1 Å². The van der Waals surface area contributed by atoms with E-state index in [0.29, 0.717) is 26.9 Å². The van der Waals surface area contributed by atoms with Crippen molar-refractivity contribution in [2.45, 2.75) is 20.0 Å². The van der Waals surface area contributed by atoms with E-state index < -0.39 is 5.97 Å². The Bertz CT molecular complexity index is 1140. The zero-order chi connectivity index (χ0) is 17.4. The van der Waals surface area contributed by atoms with Gasteiger partial charge in [0.05, 0.1) is 6.42 Å². The molecule has 0 spiro atoms. The molecule has 0 atom stereocenters. The quantitative estimate of drug-likeness (QED) is 0.515. The number of rotatable bonds is 4. The van der Waals surface area contributed by atoms with Crippen LogP contribution in [-0.2, 0) is 22.6 Å². The van der Waals surface area contributed by atoms with Crippen LogP contribution in [0.5, 0.6) is 0 Å². The van der Waals surface area contributed by atoms with E-state index in [4.69, 9.17) is 9.26 Å². The van der Waals surface area contributed by atoms with Gasteiger partial charge in [0.2, 0.25) is 4.96 Å². The molecule has 0 fully saturated rings. The van der Waals surface area contributed by atoms with Crippen molar-refractivity contribution in [1.29, 1.82) is 0 Å². The highest BCUT2D eigenvalue weighted by Gasteiger charge is 2.14. The SMILES string of the molecule is Cc1cc(=O)n2nc(COC(=O)Cc3noc4ccccc34)sc2n1. The lowest BCUT2D eigenvalue weighted by molar-refractivity contribution is -0.144. The van der Waals surface area contributed by atoms with Gasteiger partial charge in [-0.25, -0.2) is 4.98 Å². The highest BCUT2D eigenvalue weighted by Crippen LogP contribution is 2.19. The van der Waals surface area contributed by atoms with Crippen LogP contribution in [0.15, 0.2) is 39.6 Å². The van der Waals surface area contributed by atoms with Gasteiger partial charge in [-0.05, 0) is 19.1 Å². The number of benzene rings is 1. The number of fused-ring (bicyclic) bond motifs is 2. The summed E-state index contributed by atoms with van der Waals surface area (Å²) in [4.78, 5) is 28.6. The molecule has 3 heterocycles. The fourth-order valence-electron chi connectivity index (χ4n) is 2.41. The fourth-order valence-corrected chi connectivity index (χ4v) is 3.27. The summed E-state index contributed by atoms with van der Waals surface area (Å²) < 4.78 is 11.6. The van der Waals surface area contributed by atoms with E-state index >= 15 is 0 Å². The summed E-state index contributed by atoms with van der Waals surface area (Å²) in [5.41, 5.74) is 1.51. The van der Waals surface area contributed by atoms with E-state index in [-0.39, 0.29) is 18.6 Å². The summed E-state index contributed by atoms with van der Waals surface area (Å²) >= 11 is 1.21. The molecular weight excluding hydrogens is 344 g/mol. The van der Waals surface area contributed by atoms with Crippen LogP contribution in [-0.4, -0.2) is 25.7 Å². The molecule has 0 aliphatic rings. The summed E-state index contributed by atoms with van der Waals surface area (Å²) in [7, 11) is 0. The van der Waals surface area contributed by atoms with Crippen molar-refractivity contribution in [1.82, 2.24) is 19.8 Å². The molecule has 0 aliphatic carbocycles. The molecule has 0 radical (unpaired) electrons. The predicted molar refractivity (Wildman–Crippen MR) is 89.4 cm³/mol. The maximum atomic E-state index is 12.1. The molecule has 0 aliphatic heterocycles. The number of esters is 1. The average molecular weight is 356 g/mol. The number of aryl methyl sites for hydroxylation is 1. The summed E-state index contributed by atoms with van der Waals surface area (Å²) in [5, 5.41) is 9.30. The normalized spacial score (nSPS) is 11.2. The summed E-state index contributed by atoms with van der Waals surface area (Å²) in [6.07, 6.45) is -0.000779. The van der Waals surface area contributed by atoms with Crippen LogP contribution in [0.3, 0.4) is 0 Å². The van der Waals surface area contributed by atoms with Crippen LogP contribution in [0.1, 0.15) is 16.4 Å². The van der Waals surface area contributed by atoms with Crippen LogP contribution in [0.2, 0.25) is 0 Å². The Kier molecular flexibility index (Phi) is 3.77. The molecule has 8 nitrogen and oxygen atoms in total. The molecule has 0 N–H and O–H groups in total. The van der Waals surface area contributed by atoms with Gasteiger partial charge in [-0.1, -0.05) is 28.6 Å². The third-order valence-corrected chi connectivity index (χ3v) is 4.42. The van der Waals surface area contributed by atoms with Crippen LogP contribution < -0.4 is 5.56 Å². The number of hydrogen-bond acceptors (Lipinski definition) is 8. The predicted octanol–water partition coefficient (Wildman–Crippen LogP) is 1.89. The number of carbonyl (C=O) groups is 1. The van der Waals surface area contributed by atoms with Crippen molar-refractivity contribution >= 4 is 33.2 Å². The Labute approximate surface area is 144 Å². The third kappa shape index (κ3) is 3.01. The minimum absolute atomic E-state index is 0.000779. The first-order chi connectivity index (χ1) is 12.1. The van der Waals surface area contributed by atoms with E-state index in [9.17, 15) is 9.59 Å². The molecule has 0 amide bonds. The molecule has 126 valence electrons. The maximum Gasteiger partial charge on any atom is 0.312 e. The Morgan fingerprint density at radius 2 is 2.20 bits per heavy atom. The summed E-state index contributed by atoms with van der Waals surface area (Å²) in [5.74, 6) is -0.449. The molecule has 4 aromatic rings. The molecule has 0 unspecified atom stereocenters. The fraction of sp³-hybridized carbons (Fsp3) is 0.188. The second-order valence-corrected chi connectivity index (χ2v) is 6.43. The van der Waals surface area contributed by atoms with Crippen molar-refractivity contribution < 1.29 is 14.1 Å². The maximum absolute atomic E-state index is 12.1. The lowest BCUT2D eigenvalue weighted by Crippen LogP contribution is -2.14. The highest BCUT2D eigenvalue weighted by molar-refractivity contribution is 7.16. The first-order valence-corrected chi connectivity index (χ1v) is 8.27. The van der Waals surface area contributed by atoms with Gasteiger partial charge in [-0.15, -0.1) is 0 Å². The van der Waals surface area contributed by atoms with Gasteiger partial charge in [0.15, 0.2) is 10.6 Å². The molecule has 3 aromatic heterocycles. The topological polar surface area (TPSA) is 99.6 Å². The monoisotopic (exact) mass is 356 g/mol. The van der Waals surface area contributed by atoms with Gasteiger partial charge in [-0.2, -0.15) is 9.61 Å². The molecular formula is C16H12N4O4S. The molecule has 25 heavy (non-hydrogen) atoms. The number of aromatic nitrogens is 4. The first kappa shape index (κ1) is 15.5. The number of ether oxygens (including phenoxy) is 1. The average Bonchev–Trinajstić information content (AvgIpc) is 3.17. The van der Waals surface area contributed by atoms with E-state index in [0.717, 1.165) is 5.39 Å². The van der Waals surface area contributed by atoms with Crippen molar-refractivity contribution in [3.63, 3.8) is 0 Å². The van der Waals surface area contributed by atoms with Crippen molar-refractivity contribution in [2.75, 3.05) is 0 Å². The van der Waals surface area contributed by atoms with Crippen molar-refractivity contribution in [2.24, 2.45) is 0 Å². The molecule has 1 aromatic carbocycles.